The quantitative estimate of drug-likeness (QED) is 0.428. The number of benzene rings is 2. The lowest BCUT2D eigenvalue weighted by Gasteiger charge is -2.44. The molecule has 2 bridgehead atoms. The van der Waals surface area contributed by atoms with Gasteiger partial charge in [0.25, 0.3) is 5.91 Å². The fourth-order valence-electron chi connectivity index (χ4n) is 5.37. The summed E-state index contributed by atoms with van der Waals surface area (Å²) in [5.74, 6) is -0.481. The molecule has 2 unspecified atom stereocenters. The third-order valence-corrected chi connectivity index (χ3v) is 7.00. The van der Waals surface area contributed by atoms with E-state index in [2.05, 4.69) is 10.1 Å². The fourth-order valence-corrected chi connectivity index (χ4v) is 5.56. The van der Waals surface area contributed by atoms with Gasteiger partial charge in [0.1, 0.15) is 12.1 Å². The fraction of sp³-hybridized carbons (Fsp3) is 0.280. The molecule has 34 heavy (non-hydrogen) atoms. The van der Waals surface area contributed by atoms with Crippen LogP contribution in [0.25, 0.3) is 16.9 Å². The first-order chi connectivity index (χ1) is 16.5. The largest absolute Gasteiger partial charge is 0.324 e. The number of carbonyl (C=O) groups is 1. The van der Waals surface area contributed by atoms with Gasteiger partial charge in [-0.05, 0) is 56.0 Å². The number of hydrogen-bond acceptors (Lipinski definition) is 4. The zero-order chi connectivity index (χ0) is 23.4. The van der Waals surface area contributed by atoms with E-state index in [0.717, 1.165) is 42.6 Å². The third-order valence-electron chi connectivity index (χ3n) is 6.76. The molecule has 2 aromatic heterocycles. The van der Waals surface area contributed by atoms with Gasteiger partial charge in [0.15, 0.2) is 0 Å². The molecule has 1 fully saturated rings. The van der Waals surface area contributed by atoms with Crippen LogP contribution < -0.4 is 0 Å². The van der Waals surface area contributed by atoms with Crippen LogP contribution in [0.4, 0.5) is 4.39 Å². The van der Waals surface area contributed by atoms with Crippen molar-refractivity contribution < 1.29 is 9.18 Å². The number of nitrogens with zero attached hydrogens (tertiary/aromatic N) is 6. The molecule has 4 aromatic rings. The van der Waals surface area contributed by atoms with E-state index in [9.17, 15) is 9.18 Å². The summed E-state index contributed by atoms with van der Waals surface area (Å²) in [5.41, 5.74) is 4.71. The second-order valence-electron chi connectivity index (χ2n) is 8.86. The maximum atomic E-state index is 13.6. The molecule has 0 spiro atoms. The molecule has 0 aliphatic carbocycles. The van der Waals surface area contributed by atoms with E-state index in [4.69, 9.17) is 16.7 Å². The Bertz CT molecular complexity index is 1410. The average molecular weight is 477 g/mol. The lowest BCUT2D eigenvalue weighted by atomic mass is 9.81. The number of carbonyl (C=O) groups excluding carboxylic acids is 1. The highest BCUT2D eigenvalue weighted by Gasteiger charge is 2.44. The van der Waals surface area contributed by atoms with Gasteiger partial charge < -0.3 is 4.90 Å². The molecule has 4 heterocycles. The minimum Gasteiger partial charge on any atom is -0.324 e. The molecule has 9 heteroatoms. The van der Waals surface area contributed by atoms with Gasteiger partial charge in [-0.15, -0.1) is 5.10 Å². The topological polar surface area (TPSA) is 68.8 Å². The van der Waals surface area contributed by atoms with Crippen molar-refractivity contribution in [2.75, 3.05) is 0 Å². The van der Waals surface area contributed by atoms with E-state index >= 15 is 0 Å². The summed E-state index contributed by atoms with van der Waals surface area (Å²) in [5, 5.41) is 9.91. The Morgan fingerprint density at radius 1 is 1.12 bits per heavy atom. The van der Waals surface area contributed by atoms with Gasteiger partial charge in [0, 0.05) is 29.2 Å². The summed E-state index contributed by atoms with van der Waals surface area (Å²) in [7, 11) is 1.94. The maximum absolute atomic E-state index is 13.6. The molecule has 2 aromatic carbocycles. The standard InChI is InChI=1S/C25H22ClFN6O/c1-31-23(15-5-2-6-16(26)11-15)20-13-19-9-4-10-21(22(20)29-31)33(19)25(34)24-28-14-32(30-24)18-8-3-7-17(27)12-18/h2-3,5-8,11-12,14,19,21H,4,9-10,13H2,1H3. The summed E-state index contributed by atoms with van der Waals surface area (Å²) in [6, 6.07) is 13.8. The summed E-state index contributed by atoms with van der Waals surface area (Å²) in [4.78, 5) is 19.8. The number of halogens is 2. The number of piperidine rings is 1. The lowest BCUT2D eigenvalue weighted by Crippen LogP contribution is -2.50. The highest BCUT2D eigenvalue weighted by atomic mass is 35.5. The molecular formula is C25H22ClFN6O. The highest BCUT2D eigenvalue weighted by Crippen LogP contribution is 2.45. The van der Waals surface area contributed by atoms with Crippen molar-refractivity contribution in [2.45, 2.75) is 37.8 Å². The Labute approximate surface area is 200 Å². The van der Waals surface area contributed by atoms with Gasteiger partial charge in [-0.25, -0.2) is 14.1 Å². The number of amides is 1. The Morgan fingerprint density at radius 3 is 2.79 bits per heavy atom. The summed E-state index contributed by atoms with van der Waals surface area (Å²) in [6.07, 6.45) is 4.96. The smallest absolute Gasteiger partial charge is 0.294 e. The van der Waals surface area contributed by atoms with Gasteiger partial charge in [-0.3, -0.25) is 9.48 Å². The molecule has 1 amide bonds. The summed E-state index contributed by atoms with van der Waals surface area (Å²) >= 11 is 6.26. The van der Waals surface area contributed by atoms with Crippen LogP contribution in [0.5, 0.6) is 0 Å². The van der Waals surface area contributed by atoms with Crippen molar-refractivity contribution in [3.8, 4) is 16.9 Å². The van der Waals surface area contributed by atoms with Crippen LogP contribution in [0.1, 0.15) is 47.2 Å². The number of hydrogen-bond donors (Lipinski definition) is 0. The van der Waals surface area contributed by atoms with Gasteiger partial charge >= 0.3 is 0 Å². The second kappa shape index (κ2) is 8.06. The molecule has 0 N–H and O–H groups in total. The van der Waals surface area contributed by atoms with E-state index in [1.165, 1.54) is 28.7 Å². The molecule has 7 nitrogen and oxygen atoms in total. The molecule has 1 saturated heterocycles. The molecule has 0 radical (unpaired) electrons. The monoisotopic (exact) mass is 476 g/mol. The lowest BCUT2D eigenvalue weighted by molar-refractivity contribution is 0.0379. The SMILES string of the molecule is Cn1nc2c(c1-c1cccc(Cl)c1)CC1CCCC2N1C(=O)c1ncn(-c2cccc(F)c2)n1. The predicted octanol–water partition coefficient (Wildman–Crippen LogP) is 4.75. The van der Waals surface area contributed by atoms with Crippen LogP contribution in [-0.4, -0.2) is 41.4 Å². The Kier molecular flexibility index (Phi) is 4.99. The first kappa shape index (κ1) is 21.0. The number of rotatable bonds is 3. The minimum atomic E-state index is -0.371. The van der Waals surface area contributed by atoms with Gasteiger partial charge in [0.05, 0.1) is 23.1 Å². The van der Waals surface area contributed by atoms with Crippen molar-refractivity contribution in [2.24, 2.45) is 7.05 Å². The van der Waals surface area contributed by atoms with Crippen molar-refractivity contribution in [3.05, 3.63) is 82.8 Å². The normalized spacial score (nSPS) is 19.2. The predicted molar refractivity (Wildman–Crippen MR) is 125 cm³/mol. The van der Waals surface area contributed by atoms with E-state index in [-0.39, 0.29) is 29.6 Å². The first-order valence-electron chi connectivity index (χ1n) is 11.3. The molecule has 0 saturated carbocycles. The van der Waals surface area contributed by atoms with Gasteiger partial charge in [-0.2, -0.15) is 5.10 Å². The maximum Gasteiger partial charge on any atom is 0.294 e. The molecular weight excluding hydrogens is 455 g/mol. The van der Waals surface area contributed by atoms with Crippen molar-refractivity contribution in [3.63, 3.8) is 0 Å². The summed E-state index contributed by atoms with van der Waals surface area (Å²) in [6.45, 7) is 0. The van der Waals surface area contributed by atoms with Crippen molar-refractivity contribution in [1.82, 2.24) is 29.4 Å². The van der Waals surface area contributed by atoms with Gasteiger partial charge in [0.2, 0.25) is 5.82 Å². The Hall–Kier alpha value is -3.52. The molecule has 2 aliphatic rings. The zero-order valence-electron chi connectivity index (χ0n) is 18.5. The average Bonchev–Trinajstić information content (AvgIpc) is 3.43. The highest BCUT2D eigenvalue weighted by molar-refractivity contribution is 6.30. The second-order valence-corrected chi connectivity index (χ2v) is 9.29. The van der Waals surface area contributed by atoms with Crippen molar-refractivity contribution >= 4 is 17.5 Å². The van der Waals surface area contributed by atoms with Crippen LogP contribution in [-0.2, 0) is 13.5 Å². The molecule has 2 atom stereocenters. The number of aromatic nitrogens is 5. The van der Waals surface area contributed by atoms with Gasteiger partial charge in [-0.1, -0.05) is 29.8 Å². The van der Waals surface area contributed by atoms with E-state index < -0.39 is 0 Å². The Balaban J connectivity index is 1.36. The third kappa shape index (κ3) is 3.40. The van der Waals surface area contributed by atoms with E-state index in [1.807, 2.05) is 40.9 Å². The zero-order valence-corrected chi connectivity index (χ0v) is 19.3. The van der Waals surface area contributed by atoms with Crippen LogP contribution in [0.2, 0.25) is 5.02 Å². The van der Waals surface area contributed by atoms with Crippen LogP contribution >= 0.6 is 11.6 Å². The number of fused-ring (bicyclic) bond motifs is 4. The molecule has 172 valence electrons. The van der Waals surface area contributed by atoms with E-state index in [1.54, 1.807) is 12.1 Å². The Morgan fingerprint density at radius 2 is 1.97 bits per heavy atom. The van der Waals surface area contributed by atoms with Crippen LogP contribution in [0.3, 0.4) is 0 Å². The minimum absolute atomic E-state index is 0.0435. The number of aryl methyl sites for hydroxylation is 1. The summed E-state index contributed by atoms with van der Waals surface area (Å²) < 4.78 is 17.0. The molecule has 6 rings (SSSR count). The van der Waals surface area contributed by atoms with Crippen molar-refractivity contribution in [1.29, 1.82) is 0 Å². The van der Waals surface area contributed by atoms with E-state index in [0.29, 0.717) is 10.7 Å². The molecule has 2 aliphatic heterocycles. The first-order valence-corrected chi connectivity index (χ1v) is 11.7. The van der Waals surface area contributed by atoms with Crippen LogP contribution in [0.15, 0.2) is 54.9 Å². The van der Waals surface area contributed by atoms with Crippen LogP contribution in [0, 0.1) is 5.82 Å².